The van der Waals surface area contributed by atoms with Gasteiger partial charge in [-0.25, -0.2) is 4.98 Å². The minimum Gasteiger partial charge on any atom is -0.509 e. The van der Waals surface area contributed by atoms with E-state index in [1.165, 1.54) is 38.9 Å². The monoisotopic (exact) mass is 774 g/mol. The fourth-order valence-corrected chi connectivity index (χ4v) is 7.30. The van der Waals surface area contributed by atoms with Crippen molar-refractivity contribution in [1.29, 1.82) is 0 Å². The van der Waals surface area contributed by atoms with E-state index in [1.807, 2.05) is 36.5 Å². The van der Waals surface area contributed by atoms with Crippen LogP contribution >= 0.6 is 0 Å². The van der Waals surface area contributed by atoms with Crippen molar-refractivity contribution in [3.8, 4) is 17.3 Å². The van der Waals surface area contributed by atoms with Crippen LogP contribution < -0.4 is 30.9 Å². The van der Waals surface area contributed by atoms with Crippen molar-refractivity contribution in [2.24, 2.45) is 0 Å². The van der Waals surface area contributed by atoms with Crippen molar-refractivity contribution in [3.05, 3.63) is 139 Å². The zero-order valence-corrected chi connectivity index (χ0v) is 27.8. The van der Waals surface area contributed by atoms with Gasteiger partial charge in [0.1, 0.15) is 5.82 Å². The quantitative estimate of drug-likeness (QED) is 0.147. The van der Waals surface area contributed by atoms with Crippen LogP contribution in [0.2, 0.25) is 0 Å². The summed E-state index contributed by atoms with van der Waals surface area (Å²) in [5, 5.41) is 2.26. The smallest absolute Gasteiger partial charge is 0.181 e. The number of fused-ring (bicyclic) bond motifs is 5. The van der Waals surface area contributed by atoms with Crippen LogP contribution in [0.4, 0.5) is 17.1 Å². The van der Waals surface area contributed by atoms with Gasteiger partial charge in [0.2, 0.25) is 0 Å². The summed E-state index contributed by atoms with van der Waals surface area (Å²) in [6, 6.07) is 43.2. The van der Waals surface area contributed by atoms with Crippen LogP contribution in [0, 0.1) is 32.6 Å². The summed E-state index contributed by atoms with van der Waals surface area (Å²) in [6.07, 6.45) is 1.82. The molecule has 0 saturated carbocycles. The van der Waals surface area contributed by atoms with E-state index < -0.39 is 0 Å². The molecule has 2 aliphatic heterocycles. The summed E-state index contributed by atoms with van der Waals surface area (Å²) in [5.41, 5.74) is 11.9. The number of ether oxygens (including phenoxy) is 1. The number of nitrogens with zero attached hydrogens (tertiary/aromatic N) is 4. The van der Waals surface area contributed by atoms with Crippen LogP contribution in [-0.4, -0.2) is 23.3 Å². The number of hydrogen-bond acceptors (Lipinski definition) is 4. The van der Waals surface area contributed by atoms with E-state index in [0.717, 1.165) is 33.3 Å². The Labute approximate surface area is 283 Å². The van der Waals surface area contributed by atoms with E-state index in [9.17, 15) is 0 Å². The average molecular weight is 775 g/mol. The van der Waals surface area contributed by atoms with E-state index in [1.54, 1.807) is 0 Å². The van der Waals surface area contributed by atoms with Crippen molar-refractivity contribution in [2.75, 3.05) is 16.8 Å². The van der Waals surface area contributed by atoms with Gasteiger partial charge in [-0.15, -0.1) is 40.8 Å². The van der Waals surface area contributed by atoms with Gasteiger partial charge in [-0.2, -0.15) is 18.8 Å². The van der Waals surface area contributed by atoms with Crippen molar-refractivity contribution in [3.63, 3.8) is 0 Å². The molecule has 0 radical (unpaired) electrons. The normalized spacial score (nSPS) is 13.2. The van der Waals surface area contributed by atoms with Crippen LogP contribution in [0.25, 0.3) is 27.6 Å². The molecule has 7 heteroatoms. The Balaban J connectivity index is 0.00000312. The van der Waals surface area contributed by atoms with Gasteiger partial charge in [0.25, 0.3) is 0 Å². The van der Waals surface area contributed by atoms with Gasteiger partial charge in [-0.3, -0.25) is 0 Å². The number of para-hydroxylation sites is 2. The first-order chi connectivity index (χ1) is 22.1. The summed E-state index contributed by atoms with van der Waals surface area (Å²) in [7, 11) is 2.10. The number of rotatable bonds is 4. The second kappa shape index (κ2) is 10.9. The zero-order chi connectivity index (χ0) is 30.2. The molecule has 7 aromatic rings. The molecule has 0 saturated heterocycles. The number of hydrogen-bond donors (Lipinski definition) is 0. The first kappa shape index (κ1) is 28.7. The Morgan fingerprint density at radius 3 is 2.33 bits per heavy atom. The molecule has 0 atom stereocenters. The third-order valence-electron chi connectivity index (χ3n) is 9.23. The number of pyridine rings is 1. The van der Waals surface area contributed by atoms with Gasteiger partial charge in [0, 0.05) is 55.7 Å². The molecule has 2 aliphatic rings. The molecular formula is C39H28BN4OPt-3. The largest absolute Gasteiger partial charge is 0.509 e. The van der Waals surface area contributed by atoms with Gasteiger partial charge in [-0.1, -0.05) is 82.2 Å². The van der Waals surface area contributed by atoms with E-state index >= 15 is 0 Å². The molecule has 2 aromatic heterocycles. The summed E-state index contributed by atoms with van der Waals surface area (Å²) >= 11 is 0. The first-order valence-corrected chi connectivity index (χ1v) is 15.2. The summed E-state index contributed by atoms with van der Waals surface area (Å²) in [5.74, 6) is 2.12. The molecule has 9 rings (SSSR count). The van der Waals surface area contributed by atoms with Crippen molar-refractivity contribution in [1.82, 2.24) is 9.55 Å². The van der Waals surface area contributed by atoms with Crippen LogP contribution in [-0.2, 0) is 21.1 Å². The second-order valence-electron chi connectivity index (χ2n) is 11.9. The number of anilines is 3. The molecule has 46 heavy (non-hydrogen) atoms. The number of aryl methyl sites for hydroxylation is 2. The minimum absolute atomic E-state index is 0. The molecule has 0 aliphatic carbocycles. The van der Waals surface area contributed by atoms with E-state index in [2.05, 4.69) is 132 Å². The van der Waals surface area contributed by atoms with Gasteiger partial charge >= 0.3 is 0 Å². The van der Waals surface area contributed by atoms with Crippen molar-refractivity contribution < 1.29 is 25.8 Å². The molecule has 0 N–H and O–H groups in total. The Hall–Kier alpha value is -4.80. The molecule has 0 unspecified atom stereocenters. The van der Waals surface area contributed by atoms with E-state index in [-0.39, 0.29) is 27.8 Å². The Bertz CT molecular complexity index is 2280. The molecular weight excluding hydrogens is 746 g/mol. The fourth-order valence-electron chi connectivity index (χ4n) is 7.30. The maximum absolute atomic E-state index is 6.55. The molecule has 0 fully saturated rings. The standard InChI is InChI=1S/C39H28BN4O.Pt/c1-25-10-8-11-26(2)38(25)40-31-20-18-28(23-36(31)43-24-42(3)34-15-9-13-32(40)39(34)43)45-27-17-19-30-29-12-4-5-14-33(29)44(35(30)22-27)37-16-6-7-21-41-37;/h4-21,24H,1-3H3;/q-3;. The second-order valence-corrected chi connectivity index (χ2v) is 11.9. The molecule has 4 heterocycles. The molecule has 5 nitrogen and oxygen atoms in total. The summed E-state index contributed by atoms with van der Waals surface area (Å²) in [4.78, 5) is 9.11. The average Bonchev–Trinajstić information content (AvgIpc) is 3.58. The SMILES string of the molecule is Cc1cccc(C)c1B1c2ccc(Oc3[c-]c4c(cc3)c3ccccc3n4-c3ccccn3)[c-]c2N2[CH-]N(C)c3cccc1c32.[Pt]. The van der Waals surface area contributed by atoms with Gasteiger partial charge in [0.05, 0.1) is 0 Å². The van der Waals surface area contributed by atoms with E-state index in [0.29, 0.717) is 11.5 Å². The van der Waals surface area contributed by atoms with Crippen LogP contribution in [0.5, 0.6) is 11.5 Å². The molecule has 0 spiro atoms. The summed E-state index contributed by atoms with van der Waals surface area (Å²) in [6.45, 7) is 6.67. The van der Waals surface area contributed by atoms with Crippen molar-refractivity contribution in [2.45, 2.75) is 13.8 Å². The minimum atomic E-state index is 0. The van der Waals surface area contributed by atoms with Gasteiger partial charge in [-0.05, 0) is 50.5 Å². The maximum Gasteiger partial charge on any atom is 0.181 e. The van der Waals surface area contributed by atoms with Crippen molar-refractivity contribution >= 4 is 62.0 Å². The third-order valence-corrected chi connectivity index (χ3v) is 9.23. The summed E-state index contributed by atoms with van der Waals surface area (Å²) < 4.78 is 8.70. The maximum atomic E-state index is 6.55. The third kappa shape index (κ3) is 4.24. The topological polar surface area (TPSA) is 33.5 Å². The first-order valence-electron chi connectivity index (χ1n) is 15.2. The van der Waals surface area contributed by atoms with E-state index in [4.69, 9.17) is 4.74 Å². The van der Waals surface area contributed by atoms with Gasteiger partial charge in [0.15, 0.2) is 6.71 Å². The van der Waals surface area contributed by atoms with Crippen LogP contribution in [0.1, 0.15) is 11.1 Å². The predicted molar refractivity (Wildman–Crippen MR) is 185 cm³/mol. The zero-order valence-electron chi connectivity index (χ0n) is 25.6. The van der Waals surface area contributed by atoms with Crippen LogP contribution in [0.15, 0.2) is 109 Å². The molecule has 0 amide bonds. The predicted octanol–water partition coefficient (Wildman–Crippen LogP) is 6.72. The Morgan fingerprint density at radius 1 is 0.739 bits per heavy atom. The molecule has 226 valence electrons. The molecule has 0 bridgehead atoms. The fraction of sp³-hybridized carbons (Fsp3) is 0.0769. The number of benzene rings is 5. The molecule has 5 aromatic carbocycles. The Morgan fingerprint density at radius 2 is 1.50 bits per heavy atom. The Kier molecular flexibility index (Phi) is 6.81. The number of aromatic nitrogens is 2. The van der Waals surface area contributed by atoms with Crippen LogP contribution in [0.3, 0.4) is 0 Å². The van der Waals surface area contributed by atoms with Gasteiger partial charge < -0.3 is 19.1 Å².